The SMILES string of the molecule is O=C(NCC(=O)N1CCCc2ccccc21)c1cnc(-c2ccccc2)s1. The van der Waals surface area contributed by atoms with Crippen LogP contribution in [0.3, 0.4) is 0 Å². The maximum Gasteiger partial charge on any atom is 0.263 e. The minimum atomic E-state index is -0.270. The van der Waals surface area contributed by atoms with Crippen molar-refractivity contribution in [1.29, 1.82) is 0 Å². The summed E-state index contributed by atoms with van der Waals surface area (Å²) in [4.78, 5) is 31.6. The molecule has 0 fully saturated rings. The van der Waals surface area contributed by atoms with Gasteiger partial charge >= 0.3 is 0 Å². The summed E-state index contributed by atoms with van der Waals surface area (Å²) in [5.74, 6) is -0.364. The highest BCUT2D eigenvalue weighted by molar-refractivity contribution is 7.16. The van der Waals surface area contributed by atoms with E-state index in [1.54, 1.807) is 11.1 Å². The molecule has 2 heterocycles. The van der Waals surface area contributed by atoms with E-state index in [0.29, 0.717) is 11.4 Å². The average Bonchev–Trinajstić information content (AvgIpc) is 3.22. The van der Waals surface area contributed by atoms with Crippen LogP contribution in [-0.2, 0) is 11.2 Å². The number of amides is 2. The van der Waals surface area contributed by atoms with Crippen molar-refractivity contribution in [1.82, 2.24) is 10.3 Å². The zero-order valence-electron chi connectivity index (χ0n) is 14.7. The van der Waals surface area contributed by atoms with Crippen LogP contribution >= 0.6 is 11.3 Å². The summed E-state index contributed by atoms with van der Waals surface area (Å²) < 4.78 is 0. The molecule has 0 spiro atoms. The zero-order valence-corrected chi connectivity index (χ0v) is 15.5. The fourth-order valence-electron chi connectivity index (χ4n) is 3.22. The van der Waals surface area contributed by atoms with Crippen LogP contribution in [0.2, 0.25) is 0 Å². The van der Waals surface area contributed by atoms with Gasteiger partial charge in [0.15, 0.2) is 0 Å². The lowest BCUT2D eigenvalue weighted by atomic mass is 10.0. The largest absolute Gasteiger partial charge is 0.342 e. The molecule has 2 amide bonds. The molecular weight excluding hydrogens is 358 g/mol. The van der Waals surface area contributed by atoms with Crippen LogP contribution in [0.1, 0.15) is 21.7 Å². The van der Waals surface area contributed by atoms with Crippen molar-refractivity contribution in [3.63, 3.8) is 0 Å². The molecule has 1 aliphatic heterocycles. The number of hydrogen-bond acceptors (Lipinski definition) is 4. The van der Waals surface area contributed by atoms with E-state index in [-0.39, 0.29) is 18.4 Å². The summed E-state index contributed by atoms with van der Waals surface area (Å²) in [6, 6.07) is 17.7. The van der Waals surface area contributed by atoms with Gasteiger partial charge in [-0.15, -0.1) is 11.3 Å². The van der Waals surface area contributed by atoms with E-state index >= 15 is 0 Å². The molecule has 3 aromatic rings. The van der Waals surface area contributed by atoms with Gasteiger partial charge in [-0.25, -0.2) is 4.98 Å². The minimum Gasteiger partial charge on any atom is -0.342 e. The van der Waals surface area contributed by atoms with Gasteiger partial charge in [-0.05, 0) is 24.5 Å². The first kappa shape index (κ1) is 17.4. The van der Waals surface area contributed by atoms with Crippen LogP contribution in [0.15, 0.2) is 60.8 Å². The predicted molar refractivity (Wildman–Crippen MR) is 107 cm³/mol. The Bertz CT molecular complexity index is 968. The van der Waals surface area contributed by atoms with Crippen LogP contribution in [0, 0.1) is 0 Å². The van der Waals surface area contributed by atoms with Crippen molar-refractivity contribution in [3.8, 4) is 10.6 Å². The number of aromatic nitrogens is 1. The van der Waals surface area contributed by atoms with E-state index in [1.165, 1.54) is 16.9 Å². The van der Waals surface area contributed by atoms with Gasteiger partial charge < -0.3 is 10.2 Å². The molecule has 0 bridgehead atoms. The Kier molecular flexibility index (Phi) is 4.98. The van der Waals surface area contributed by atoms with E-state index in [0.717, 1.165) is 29.1 Å². The molecule has 5 nitrogen and oxygen atoms in total. The lowest BCUT2D eigenvalue weighted by Gasteiger charge is -2.29. The van der Waals surface area contributed by atoms with Gasteiger partial charge in [-0.2, -0.15) is 0 Å². The Morgan fingerprint density at radius 1 is 1.07 bits per heavy atom. The molecule has 1 aliphatic rings. The van der Waals surface area contributed by atoms with Gasteiger partial charge in [0.25, 0.3) is 5.91 Å². The third-order valence-electron chi connectivity index (χ3n) is 4.56. The third-order valence-corrected chi connectivity index (χ3v) is 5.61. The second kappa shape index (κ2) is 7.72. The number of rotatable bonds is 4. The van der Waals surface area contributed by atoms with Gasteiger partial charge in [0.1, 0.15) is 9.88 Å². The number of benzene rings is 2. The van der Waals surface area contributed by atoms with Crippen LogP contribution in [0.5, 0.6) is 0 Å². The molecule has 0 atom stereocenters. The molecule has 6 heteroatoms. The monoisotopic (exact) mass is 377 g/mol. The standard InChI is InChI=1S/C21H19N3O2S/c25-19(24-12-6-10-15-7-4-5-11-17(15)24)14-22-20(26)18-13-23-21(27-18)16-8-2-1-3-9-16/h1-5,7-9,11,13H,6,10,12,14H2,(H,22,26). The maximum atomic E-state index is 12.6. The molecule has 4 rings (SSSR count). The fraction of sp³-hybridized carbons (Fsp3) is 0.190. The summed E-state index contributed by atoms with van der Waals surface area (Å²) in [6.07, 6.45) is 3.48. The molecule has 27 heavy (non-hydrogen) atoms. The number of hydrogen-bond donors (Lipinski definition) is 1. The van der Waals surface area contributed by atoms with E-state index in [1.807, 2.05) is 48.5 Å². The summed E-state index contributed by atoms with van der Waals surface area (Å²) in [6.45, 7) is 0.663. The number of nitrogens with one attached hydrogen (secondary N) is 1. The predicted octanol–water partition coefficient (Wildman–Crippen LogP) is 3.52. The van der Waals surface area contributed by atoms with Gasteiger partial charge in [-0.3, -0.25) is 9.59 Å². The van der Waals surface area contributed by atoms with Crippen molar-refractivity contribution in [2.24, 2.45) is 0 Å². The smallest absolute Gasteiger partial charge is 0.263 e. The van der Waals surface area contributed by atoms with Gasteiger partial charge in [0.05, 0.1) is 12.7 Å². The number of para-hydroxylation sites is 1. The molecule has 2 aromatic carbocycles. The summed E-state index contributed by atoms with van der Waals surface area (Å²) in [5.41, 5.74) is 3.10. The topological polar surface area (TPSA) is 62.3 Å². The number of nitrogens with zero attached hydrogens (tertiary/aromatic N) is 2. The van der Waals surface area contributed by atoms with E-state index < -0.39 is 0 Å². The van der Waals surface area contributed by atoms with Crippen molar-refractivity contribution in [2.75, 3.05) is 18.0 Å². The normalized spacial score (nSPS) is 13.1. The van der Waals surface area contributed by atoms with Crippen LogP contribution in [0.25, 0.3) is 10.6 Å². The van der Waals surface area contributed by atoms with Crippen molar-refractivity contribution in [3.05, 3.63) is 71.2 Å². The molecule has 1 aromatic heterocycles. The molecule has 0 unspecified atom stereocenters. The summed E-state index contributed by atoms with van der Waals surface area (Å²) in [7, 11) is 0. The minimum absolute atomic E-state index is 0.0221. The third kappa shape index (κ3) is 3.75. The number of carbonyl (C=O) groups excluding carboxylic acids is 2. The first-order chi connectivity index (χ1) is 13.2. The van der Waals surface area contributed by atoms with Gasteiger partial charge in [0, 0.05) is 17.8 Å². The lowest BCUT2D eigenvalue weighted by Crippen LogP contribution is -2.42. The van der Waals surface area contributed by atoms with Crippen LogP contribution in [0.4, 0.5) is 5.69 Å². The van der Waals surface area contributed by atoms with E-state index in [9.17, 15) is 9.59 Å². The molecule has 0 saturated carbocycles. The second-order valence-corrected chi connectivity index (χ2v) is 7.39. The zero-order chi connectivity index (χ0) is 18.6. The Balaban J connectivity index is 1.40. The molecule has 0 aliphatic carbocycles. The van der Waals surface area contributed by atoms with Crippen LogP contribution < -0.4 is 10.2 Å². The Hall–Kier alpha value is -2.99. The fourth-order valence-corrected chi connectivity index (χ4v) is 4.06. The average molecular weight is 377 g/mol. The second-order valence-electron chi connectivity index (χ2n) is 6.36. The molecule has 136 valence electrons. The molecular formula is C21H19N3O2S. The number of thiazole rings is 1. The van der Waals surface area contributed by atoms with Gasteiger partial charge in [-0.1, -0.05) is 48.5 Å². The number of fused-ring (bicyclic) bond motifs is 1. The quantitative estimate of drug-likeness (QED) is 0.757. The number of aryl methyl sites for hydroxylation is 1. The van der Waals surface area contributed by atoms with Gasteiger partial charge in [0.2, 0.25) is 5.91 Å². The Labute approximate surface area is 161 Å². The highest BCUT2D eigenvalue weighted by atomic mass is 32.1. The van der Waals surface area contributed by atoms with Crippen molar-refractivity contribution in [2.45, 2.75) is 12.8 Å². The first-order valence-electron chi connectivity index (χ1n) is 8.90. The first-order valence-corrected chi connectivity index (χ1v) is 9.72. The van der Waals surface area contributed by atoms with Crippen molar-refractivity contribution < 1.29 is 9.59 Å². The Morgan fingerprint density at radius 2 is 1.85 bits per heavy atom. The Morgan fingerprint density at radius 3 is 2.70 bits per heavy atom. The maximum absolute atomic E-state index is 12.6. The van der Waals surface area contributed by atoms with Crippen molar-refractivity contribution >= 4 is 28.8 Å². The highest BCUT2D eigenvalue weighted by Gasteiger charge is 2.22. The molecule has 0 radical (unpaired) electrons. The number of anilines is 1. The van der Waals surface area contributed by atoms with E-state index in [4.69, 9.17) is 0 Å². The molecule has 0 saturated heterocycles. The van der Waals surface area contributed by atoms with Crippen LogP contribution in [-0.4, -0.2) is 29.9 Å². The summed E-state index contributed by atoms with van der Waals surface area (Å²) >= 11 is 1.32. The highest BCUT2D eigenvalue weighted by Crippen LogP contribution is 2.27. The number of carbonyl (C=O) groups is 2. The lowest BCUT2D eigenvalue weighted by molar-refractivity contribution is -0.117. The van der Waals surface area contributed by atoms with E-state index in [2.05, 4.69) is 16.4 Å². The molecule has 1 N–H and O–H groups in total. The summed E-state index contributed by atoms with van der Waals surface area (Å²) in [5, 5.41) is 3.52.